The lowest BCUT2D eigenvalue weighted by atomic mass is 10.2. The summed E-state index contributed by atoms with van der Waals surface area (Å²) in [6.45, 7) is 0.194. The van der Waals surface area contributed by atoms with Crippen molar-refractivity contribution in [2.75, 3.05) is 0 Å². The van der Waals surface area contributed by atoms with Gasteiger partial charge in [-0.3, -0.25) is 4.79 Å². The van der Waals surface area contributed by atoms with E-state index >= 15 is 0 Å². The predicted molar refractivity (Wildman–Crippen MR) is 123 cm³/mol. The van der Waals surface area contributed by atoms with E-state index in [4.69, 9.17) is 32.5 Å². The van der Waals surface area contributed by atoms with Crippen LogP contribution in [0.15, 0.2) is 63.6 Å². The van der Waals surface area contributed by atoms with Crippen molar-refractivity contribution in [3.05, 3.63) is 86.4 Å². The Labute approximate surface area is 205 Å². The zero-order valence-corrected chi connectivity index (χ0v) is 19.6. The average molecular weight is 553 g/mol. The van der Waals surface area contributed by atoms with Crippen LogP contribution in [0.2, 0.25) is 10.0 Å². The molecule has 1 aromatic heterocycles. The van der Waals surface area contributed by atoms with Crippen molar-refractivity contribution in [3.8, 4) is 28.6 Å². The Morgan fingerprint density at radius 2 is 1.79 bits per heavy atom. The number of aromatic hydroxyl groups is 1. The number of benzene rings is 3. The topological polar surface area (TPSA) is 97.5 Å². The lowest BCUT2D eigenvalue weighted by Crippen LogP contribution is -2.23. The second-order valence-electron chi connectivity index (χ2n) is 6.75. The summed E-state index contributed by atoms with van der Waals surface area (Å²) >= 11 is 15.0. The van der Waals surface area contributed by atoms with Gasteiger partial charge in [0.2, 0.25) is 5.82 Å². The highest BCUT2D eigenvalue weighted by molar-refractivity contribution is 9.10. The van der Waals surface area contributed by atoms with Crippen LogP contribution in [0, 0.1) is 5.82 Å². The van der Waals surface area contributed by atoms with Crippen LogP contribution in [0.1, 0.15) is 16.2 Å². The monoisotopic (exact) mass is 551 g/mol. The fourth-order valence-electron chi connectivity index (χ4n) is 2.78. The minimum atomic E-state index is -0.574. The number of phenols is 1. The highest BCUT2D eigenvalue weighted by atomic mass is 79.9. The maximum atomic E-state index is 13.5. The second-order valence-corrected chi connectivity index (χ2v) is 8.48. The molecule has 0 atom stereocenters. The number of halogens is 4. The number of amides is 1. The smallest absolute Gasteiger partial charge is 0.316 e. The quantitative estimate of drug-likeness (QED) is 0.288. The van der Waals surface area contributed by atoms with Gasteiger partial charge in [0.15, 0.2) is 5.75 Å². The number of aromatic nitrogens is 2. The lowest BCUT2D eigenvalue weighted by molar-refractivity contribution is 0.0907. The average Bonchev–Trinajstić information content (AvgIpc) is 3.26. The molecule has 0 fully saturated rings. The Morgan fingerprint density at radius 3 is 2.45 bits per heavy atom. The van der Waals surface area contributed by atoms with E-state index in [-0.39, 0.29) is 34.1 Å². The number of hydrogen-bond acceptors (Lipinski definition) is 6. The third-order valence-corrected chi connectivity index (χ3v) is 5.38. The first-order chi connectivity index (χ1) is 15.8. The molecular weight excluding hydrogens is 540 g/mol. The van der Waals surface area contributed by atoms with Crippen LogP contribution in [0.25, 0.3) is 11.4 Å². The van der Waals surface area contributed by atoms with E-state index in [1.165, 1.54) is 24.3 Å². The van der Waals surface area contributed by atoms with Gasteiger partial charge in [-0.1, -0.05) is 56.4 Å². The van der Waals surface area contributed by atoms with E-state index in [1.807, 2.05) is 0 Å². The standard InChI is InChI=1S/C22H13BrCl2FN3O4/c23-13-7-14(26)9-16(8-13)32-15-3-1-11(2-4-15)10-27-21(31)22-28-20(29-33-22)12-5-17(24)19(30)18(25)6-12/h1-9,30H,10H2,(H,27,31). The van der Waals surface area contributed by atoms with Crippen molar-refractivity contribution < 1.29 is 23.6 Å². The SMILES string of the molecule is O=C(NCc1ccc(Oc2cc(F)cc(Br)c2)cc1)c1nc(-c2cc(Cl)c(O)c(Cl)c2)no1. The van der Waals surface area contributed by atoms with Gasteiger partial charge in [-0.2, -0.15) is 4.98 Å². The minimum absolute atomic E-state index is 0.0192. The maximum Gasteiger partial charge on any atom is 0.316 e. The van der Waals surface area contributed by atoms with Gasteiger partial charge in [0, 0.05) is 22.6 Å². The first kappa shape index (κ1) is 23.0. The van der Waals surface area contributed by atoms with Gasteiger partial charge in [-0.15, -0.1) is 0 Å². The third-order valence-electron chi connectivity index (χ3n) is 4.34. The lowest BCUT2D eigenvalue weighted by Gasteiger charge is -2.08. The molecule has 1 amide bonds. The third kappa shape index (κ3) is 5.62. The number of nitrogens with zero attached hydrogens (tertiary/aromatic N) is 2. The molecule has 1 heterocycles. The van der Waals surface area contributed by atoms with Crippen LogP contribution in [-0.2, 0) is 6.54 Å². The molecule has 33 heavy (non-hydrogen) atoms. The van der Waals surface area contributed by atoms with Gasteiger partial charge in [-0.05, 0) is 42.0 Å². The van der Waals surface area contributed by atoms with Gasteiger partial charge in [-0.25, -0.2) is 4.39 Å². The largest absolute Gasteiger partial charge is 0.505 e. The first-order valence-corrected chi connectivity index (χ1v) is 10.9. The van der Waals surface area contributed by atoms with Crippen LogP contribution in [0.4, 0.5) is 4.39 Å². The normalized spacial score (nSPS) is 10.8. The van der Waals surface area contributed by atoms with Gasteiger partial charge < -0.3 is 19.7 Å². The van der Waals surface area contributed by atoms with Gasteiger partial charge in [0.05, 0.1) is 10.0 Å². The maximum absolute atomic E-state index is 13.5. The highest BCUT2D eigenvalue weighted by Crippen LogP contribution is 2.35. The molecule has 0 bridgehead atoms. The summed E-state index contributed by atoms with van der Waals surface area (Å²) in [5.74, 6) is -0.545. The molecule has 0 spiro atoms. The Morgan fingerprint density at radius 1 is 1.09 bits per heavy atom. The molecule has 168 valence electrons. The molecule has 0 saturated heterocycles. The van der Waals surface area contributed by atoms with Crippen molar-refractivity contribution >= 4 is 45.0 Å². The predicted octanol–water partition coefficient (Wildman–Crippen LogP) is 6.37. The molecule has 0 unspecified atom stereocenters. The molecule has 0 radical (unpaired) electrons. The fraction of sp³-hybridized carbons (Fsp3) is 0.0455. The zero-order valence-electron chi connectivity index (χ0n) is 16.5. The molecular formula is C22H13BrCl2FN3O4. The number of carbonyl (C=O) groups excluding carboxylic acids is 1. The van der Waals surface area contributed by atoms with E-state index in [1.54, 1.807) is 30.3 Å². The molecule has 0 saturated carbocycles. The van der Waals surface area contributed by atoms with Gasteiger partial charge in [0.1, 0.15) is 17.3 Å². The van der Waals surface area contributed by atoms with E-state index in [0.717, 1.165) is 5.56 Å². The van der Waals surface area contributed by atoms with E-state index in [2.05, 4.69) is 31.4 Å². The molecule has 0 aliphatic carbocycles. The summed E-state index contributed by atoms with van der Waals surface area (Å²) in [6, 6.07) is 14.0. The zero-order chi connectivity index (χ0) is 23.5. The van der Waals surface area contributed by atoms with Crippen LogP contribution in [-0.4, -0.2) is 21.2 Å². The Hall–Kier alpha value is -3.14. The van der Waals surface area contributed by atoms with Crippen molar-refractivity contribution in [3.63, 3.8) is 0 Å². The number of ether oxygens (including phenoxy) is 1. The molecule has 0 aliphatic rings. The van der Waals surface area contributed by atoms with Crippen LogP contribution < -0.4 is 10.1 Å². The number of nitrogens with one attached hydrogen (secondary N) is 1. The van der Waals surface area contributed by atoms with Gasteiger partial charge in [0.25, 0.3) is 0 Å². The first-order valence-electron chi connectivity index (χ1n) is 9.31. The number of carbonyl (C=O) groups is 1. The Balaban J connectivity index is 1.37. The molecule has 2 N–H and O–H groups in total. The Kier molecular flexibility index (Phi) is 6.83. The van der Waals surface area contributed by atoms with Crippen molar-refractivity contribution in [2.24, 2.45) is 0 Å². The van der Waals surface area contributed by atoms with Crippen molar-refractivity contribution in [1.82, 2.24) is 15.5 Å². The van der Waals surface area contributed by atoms with E-state index < -0.39 is 11.7 Å². The van der Waals surface area contributed by atoms with E-state index in [9.17, 15) is 14.3 Å². The second kappa shape index (κ2) is 9.78. The summed E-state index contributed by atoms with van der Waals surface area (Å²) in [5.41, 5.74) is 1.17. The Bertz CT molecular complexity index is 1290. The fourth-order valence-corrected chi connectivity index (χ4v) is 3.72. The summed E-state index contributed by atoms with van der Waals surface area (Å²) < 4.78 is 24.7. The van der Waals surface area contributed by atoms with Crippen molar-refractivity contribution in [2.45, 2.75) is 6.54 Å². The van der Waals surface area contributed by atoms with Gasteiger partial charge >= 0.3 is 11.8 Å². The summed E-state index contributed by atoms with van der Waals surface area (Å²) in [4.78, 5) is 16.4. The van der Waals surface area contributed by atoms with Crippen LogP contribution in [0.5, 0.6) is 17.2 Å². The molecule has 11 heteroatoms. The summed E-state index contributed by atoms with van der Waals surface area (Å²) in [6.07, 6.45) is 0. The van der Waals surface area contributed by atoms with Crippen LogP contribution in [0.3, 0.4) is 0 Å². The van der Waals surface area contributed by atoms with E-state index in [0.29, 0.717) is 21.5 Å². The molecule has 7 nitrogen and oxygen atoms in total. The minimum Gasteiger partial charge on any atom is -0.505 e. The van der Waals surface area contributed by atoms with Crippen molar-refractivity contribution in [1.29, 1.82) is 0 Å². The summed E-state index contributed by atoms with van der Waals surface area (Å²) in [5, 5.41) is 16.1. The molecule has 4 rings (SSSR count). The highest BCUT2D eigenvalue weighted by Gasteiger charge is 2.18. The molecule has 3 aromatic carbocycles. The molecule has 4 aromatic rings. The van der Waals surface area contributed by atoms with Crippen LogP contribution >= 0.6 is 39.1 Å². The number of rotatable bonds is 6. The number of phenolic OH excluding ortho intramolecular Hbond substituents is 1. The number of hydrogen-bond donors (Lipinski definition) is 2. The summed E-state index contributed by atoms with van der Waals surface area (Å²) in [7, 11) is 0. The molecule has 0 aliphatic heterocycles.